The Morgan fingerprint density at radius 2 is 2.19 bits per heavy atom. The van der Waals surface area contributed by atoms with E-state index in [1.165, 1.54) is 0 Å². The molecular weight excluding hydrogens is 270 g/mol. The van der Waals surface area contributed by atoms with Crippen molar-refractivity contribution in [1.82, 2.24) is 9.88 Å². The number of hydrogen-bond donors (Lipinski definition) is 1. The van der Waals surface area contributed by atoms with Gasteiger partial charge in [0.25, 0.3) is 0 Å². The van der Waals surface area contributed by atoms with E-state index in [0.717, 1.165) is 30.1 Å². The second-order valence-corrected chi connectivity index (χ2v) is 4.50. The number of nitrogens with one attached hydrogen (secondary N) is 1. The molecule has 16 heavy (non-hydrogen) atoms. The molecule has 0 spiro atoms. The monoisotopic (exact) mass is 287 g/mol. The fourth-order valence-electron chi connectivity index (χ4n) is 1.11. The fraction of sp³-hybridized carbons (Fsp3) is 0.545. The SMILES string of the molecule is CN(C)CCOCCNc1cccc(Br)n1. The van der Waals surface area contributed by atoms with Crippen LogP contribution in [0.25, 0.3) is 0 Å². The third kappa shape index (κ3) is 6.05. The van der Waals surface area contributed by atoms with E-state index in [1.54, 1.807) is 0 Å². The standard InChI is InChI=1S/C11H18BrN3O/c1-15(2)7-9-16-8-6-13-11-5-3-4-10(12)14-11/h3-5H,6-9H2,1-2H3,(H,13,14). The molecule has 0 aliphatic carbocycles. The number of anilines is 1. The summed E-state index contributed by atoms with van der Waals surface area (Å²) < 4.78 is 6.29. The van der Waals surface area contributed by atoms with Crippen LogP contribution in [0.4, 0.5) is 5.82 Å². The summed E-state index contributed by atoms with van der Waals surface area (Å²) in [4.78, 5) is 6.36. The maximum Gasteiger partial charge on any atom is 0.127 e. The van der Waals surface area contributed by atoms with Gasteiger partial charge in [0.1, 0.15) is 10.4 Å². The Labute approximate surface area is 105 Å². The highest BCUT2D eigenvalue weighted by molar-refractivity contribution is 9.10. The number of hydrogen-bond acceptors (Lipinski definition) is 4. The smallest absolute Gasteiger partial charge is 0.127 e. The molecule has 0 fully saturated rings. The molecule has 0 radical (unpaired) electrons. The molecule has 0 aliphatic rings. The zero-order valence-electron chi connectivity index (χ0n) is 9.74. The van der Waals surface area contributed by atoms with Crippen molar-refractivity contribution in [1.29, 1.82) is 0 Å². The summed E-state index contributed by atoms with van der Waals surface area (Å²) in [6.45, 7) is 3.19. The highest BCUT2D eigenvalue weighted by atomic mass is 79.9. The molecule has 1 aromatic heterocycles. The first kappa shape index (κ1) is 13.4. The van der Waals surface area contributed by atoms with Crippen molar-refractivity contribution in [2.24, 2.45) is 0 Å². The second kappa shape index (κ2) is 7.60. The van der Waals surface area contributed by atoms with Crippen molar-refractivity contribution in [2.75, 3.05) is 45.7 Å². The zero-order chi connectivity index (χ0) is 11.8. The van der Waals surface area contributed by atoms with E-state index in [9.17, 15) is 0 Å². The molecule has 0 saturated heterocycles. The number of halogens is 1. The lowest BCUT2D eigenvalue weighted by Crippen LogP contribution is -2.20. The van der Waals surface area contributed by atoms with Crippen molar-refractivity contribution in [3.63, 3.8) is 0 Å². The quantitative estimate of drug-likeness (QED) is 0.613. The minimum absolute atomic E-state index is 0.696. The molecule has 0 aromatic carbocycles. The summed E-state index contributed by atoms with van der Waals surface area (Å²) >= 11 is 3.32. The lowest BCUT2D eigenvalue weighted by Gasteiger charge is -2.10. The van der Waals surface area contributed by atoms with Gasteiger partial charge in [-0.15, -0.1) is 0 Å². The molecule has 1 aromatic rings. The number of nitrogens with zero attached hydrogens (tertiary/aromatic N) is 2. The highest BCUT2D eigenvalue weighted by Gasteiger charge is 1.94. The number of aromatic nitrogens is 1. The first-order chi connectivity index (χ1) is 7.68. The van der Waals surface area contributed by atoms with Gasteiger partial charge in [0.2, 0.25) is 0 Å². The highest BCUT2D eigenvalue weighted by Crippen LogP contribution is 2.09. The Bertz CT molecular complexity index is 307. The van der Waals surface area contributed by atoms with Crippen LogP contribution in [0, 0.1) is 0 Å². The average Bonchev–Trinajstić information content (AvgIpc) is 2.23. The molecule has 0 amide bonds. The van der Waals surface area contributed by atoms with Gasteiger partial charge >= 0.3 is 0 Å². The van der Waals surface area contributed by atoms with Crippen LogP contribution in [0.2, 0.25) is 0 Å². The normalized spacial score (nSPS) is 10.8. The maximum atomic E-state index is 5.45. The van der Waals surface area contributed by atoms with Gasteiger partial charge in [-0.2, -0.15) is 0 Å². The minimum atomic E-state index is 0.696. The van der Waals surface area contributed by atoms with E-state index in [2.05, 4.69) is 31.1 Å². The number of rotatable bonds is 7. The first-order valence-electron chi connectivity index (χ1n) is 5.27. The van der Waals surface area contributed by atoms with Gasteiger partial charge in [0.15, 0.2) is 0 Å². The van der Waals surface area contributed by atoms with E-state index >= 15 is 0 Å². The van der Waals surface area contributed by atoms with Crippen molar-refractivity contribution in [2.45, 2.75) is 0 Å². The van der Waals surface area contributed by atoms with Crippen LogP contribution in [0.15, 0.2) is 22.8 Å². The third-order valence-corrected chi connectivity index (χ3v) is 2.39. The van der Waals surface area contributed by atoms with Gasteiger partial charge in [-0.3, -0.25) is 0 Å². The van der Waals surface area contributed by atoms with Gasteiger partial charge < -0.3 is 15.0 Å². The van der Waals surface area contributed by atoms with Crippen LogP contribution >= 0.6 is 15.9 Å². The molecule has 5 heteroatoms. The summed E-state index contributed by atoms with van der Waals surface area (Å²) in [5.41, 5.74) is 0. The van der Waals surface area contributed by atoms with E-state index in [1.807, 2.05) is 32.3 Å². The van der Waals surface area contributed by atoms with Crippen LogP contribution < -0.4 is 5.32 Å². The van der Waals surface area contributed by atoms with E-state index in [-0.39, 0.29) is 0 Å². The third-order valence-electron chi connectivity index (χ3n) is 1.95. The van der Waals surface area contributed by atoms with Gasteiger partial charge in [0, 0.05) is 13.1 Å². The minimum Gasteiger partial charge on any atom is -0.378 e. The molecule has 1 N–H and O–H groups in total. The molecule has 1 rings (SSSR count). The summed E-state index contributed by atoms with van der Waals surface area (Å²) in [6.07, 6.45) is 0. The lowest BCUT2D eigenvalue weighted by atomic mass is 10.4. The van der Waals surface area contributed by atoms with Crippen LogP contribution in [0.3, 0.4) is 0 Å². The first-order valence-corrected chi connectivity index (χ1v) is 6.06. The Morgan fingerprint density at radius 1 is 1.38 bits per heavy atom. The Kier molecular flexibility index (Phi) is 6.37. The van der Waals surface area contributed by atoms with Crippen LogP contribution in [-0.2, 0) is 4.74 Å². The molecule has 0 bridgehead atoms. The Morgan fingerprint density at radius 3 is 2.88 bits per heavy atom. The zero-order valence-corrected chi connectivity index (χ0v) is 11.3. The molecule has 90 valence electrons. The summed E-state index contributed by atoms with van der Waals surface area (Å²) in [7, 11) is 4.07. The maximum absolute atomic E-state index is 5.45. The van der Waals surface area contributed by atoms with Gasteiger partial charge in [0.05, 0.1) is 13.2 Å². The molecule has 0 saturated carbocycles. The van der Waals surface area contributed by atoms with Crippen LogP contribution in [0.1, 0.15) is 0 Å². The predicted octanol–water partition coefficient (Wildman–Crippen LogP) is 1.83. The van der Waals surface area contributed by atoms with E-state index in [4.69, 9.17) is 4.74 Å². The Balaban J connectivity index is 2.07. The lowest BCUT2D eigenvalue weighted by molar-refractivity contribution is 0.126. The molecular formula is C11H18BrN3O. The molecule has 4 nitrogen and oxygen atoms in total. The number of pyridine rings is 1. The molecule has 1 heterocycles. The summed E-state index contributed by atoms with van der Waals surface area (Å²) in [6, 6.07) is 5.79. The van der Waals surface area contributed by atoms with Gasteiger partial charge in [-0.05, 0) is 42.2 Å². The molecule has 0 atom stereocenters. The van der Waals surface area contributed by atoms with Crippen molar-refractivity contribution < 1.29 is 4.74 Å². The van der Waals surface area contributed by atoms with E-state index in [0.29, 0.717) is 6.61 Å². The fourth-order valence-corrected chi connectivity index (χ4v) is 1.45. The van der Waals surface area contributed by atoms with Crippen LogP contribution in [0.5, 0.6) is 0 Å². The van der Waals surface area contributed by atoms with Gasteiger partial charge in [-0.25, -0.2) is 4.98 Å². The number of ether oxygens (including phenoxy) is 1. The largest absolute Gasteiger partial charge is 0.378 e. The summed E-state index contributed by atoms with van der Waals surface area (Å²) in [5, 5.41) is 3.19. The topological polar surface area (TPSA) is 37.4 Å². The molecule has 0 aliphatic heterocycles. The van der Waals surface area contributed by atoms with E-state index < -0.39 is 0 Å². The van der Waals surface area contributed by atoms with Crippen molar-refractivity contribution in [3.8, 4) is 0 Å². The molecule has 0 unspecified atom stereocenters. The second-order valence-electron chi connectivity index (χ2n) is 3.69. The van der Waals surface area contributed by atoms with Gasteiger partial charge in [-0.1, -0.05) is 6.07 Å². The van der Waals surface area contributed by atoms with Crippen molar-refractivity contribution in [3.05, 3.63) is 22.8 Å². The van der Waals surface area contributed by atoms with Crippen LogP contribution in [-0.4, -0.2) is 50.3 Å². The number of likely N-dealkylation sites (N-methyl/N-ethyl adjacent to an activating group) is 1. The van der Waals surface area contributed by atoms with Crippen molar-refractivity contribution >= 4 is 21.7 Å². The Hall–Kier alpha value is -0.650. The summed E-state index contributed by atoms with van der Waals surface area (Å²) in [5.74, 6) is 0.866. The average molecular weight is 288 g/mol. The predicted molar refractivity (Wildman–Crippen MR) is 69.8 cm³/mol.